The number of hydrogen-bond acceptors (Lipinski definition) is 3. The molecule has 0 saturated heterocycles. The highest BCUT2D eigenvalue weighted by Crippen LogP contribution is 2.11. The van der Waals surface area contributed by atoms with E-state index in [9.17, 15) is 4.39 Å². The van der Waals surface area contributed by atoms with Gasteiger partial charge in [0.15, 0.2) is 0 Å². The molecular formula is C14H19FN2O. The van der Waals surface area contributed by atoms with Crippen LogP contribution in [0.15, 0.2) is 18.2 Å². The SMILES string of the molecule is CCCOCCCNCc1cccc(C#N)c1F. The molecule has 18 heavy (non-hydrogen) atoms. The fraction of sp³-hybridized carbons (Fsp3) is 0.500. The lowest BCUT2D eigenvalue weighted by atomic mass is 10.1. The standard InChI is InChI=1S/C14H19FN2O/c1-2-8-18-9-4-7-17-11-13-6-3-5-12(10-16)14(13)15/h3,5-6,17H,2,4,7-9,11H2,1H3. The molecule has 0 aromatic heterocycles. The van der Waals surface area contributed by atoms with Gasteiger partial charge in [-0.25, -0.2) is 4.39 Å². The number of nitrogens with zero attached hydrogens (tertiary/aromatic N) is 1. The molecule has 1 aromatic rings. The van der Waals surface area contributed by atoms with Gasteiger partial charge in [0.1, 0.15) is 11.9 Å². The summed E-state index contributed by atoms with van der Waals surface area (Å²) in [4.78, 5) is 0. The summed E-state index contributed by atoms with van der Waals surface area (Å²) in [5.74, 6) is -0.422. The van der Waals surface area contributed by atoms with Crippen molar-refractivity contribution < 1.29 is 9.13 Å². The Hall–Kier alpha value is -1.44. The Labute approximate surface area is 108 Å². The third kappa shape index (κ3) is 4.82. The number of rotatable bonds is 8. The summed E-state index contributed by atoms with van der Waals surface area (Å²) in [5.41, 5.74) is 0.629. The second-order valence-electron chi connectivity index (χ2n) is 4.03. The molecular weight excluding hydrogens is 231 g/mol. The van der Waals surface area contributed by atoms with Crippen LogP contribution >= 0.6 is 0 Å². The molecule has 3 nitrogen and oxygen atoms in total. The third-order valence-corrected chi connectivity index (χ3v) is 2.51. The van der Waals surface area contributed by atoms with Crippen molar-refractivity contribution >= 4 is 0 Å². The molecule has 0 spiro atoms. The van der Waals surface area contributed by atoms with Crippen LogP contribution in [0.2, 0.25) is 0 Å². The van der Waals surface area contributed by atoms with Crippen molar-refractivity contribution in [1.29, 1.82) is 5.26 Å². The first-order valence-electron chi connectivity index (χ1n) is 6.25. The van der Waals surface area contributed by atoms with Crippen LogP contribution in [0.1, 0.15) is 30.9 Å². The Kier molecular flexibility index (Phi) is 7.00. The minimum atomic E-state index is -0.422. The lowest BCUT2D eigenvalue weighted by Crippen LogP contribution is -2.17. The van der Waals surface area contributed by atoms with Gasteiger partial charge < -0.3 is 10.1 Å². The van der Waals surface area contributed by atoms with E-state index in [0.29, 0.717) is 12.1 Å². The van der Waals surface area contributed by atoms with Gasteiger partial charge in [0.05, 0.1) is 5.56 Å². The molecule has 0 bridgehead atoms. The summed E-state index contributed by atoms with van der Waals surface area (Å²) in [5, 5.41) is 11.8. The zero-order valence-corrected chi connectivity index (χ0v) is 10.7. The Morgan fingerprint density at radius 3 is 2.94 bits per heavy atom. The predicted molar refractivity (Wildman–Crippen MR) is 68.5 cm³/mol. The van der Waals surface area contributed by atoms with E-state index < -0.39 is 5.82 Å². The molecule has 4 heteroatoms. The smallest absolute Gasteiger partial charge is 0.145 e. The van der Waals surface area contributed by atoms with Gasteiger partial charge in [-0.1, -0.05) is 19.1 Å². The summed E-state index contributed by atoms with van der Waals surface area (Å²) in [6, 6.07) is 6.71. The zero-order valence-electron chi connectivity index (χ0n) is 10.7. The van der Waals surface area contributed by atoms with Gasteiger partial charge in [0.2, 0.25) is 0 Å². The van der Waals surface area contributed by atoms with Crippen molar-refractivity contribution in [3.05, 3.63) is 35.1 Å². The number of nitriles is 1. The van der Waals surface area contributed by atoms with Crippen molar-refractivity contribution in [1.82, 2.24) is 5.32 Å². The molecule has 0 fully saturated rings. The number of ether oxygens (including phenoxy) is 1. The van der Waals surface area contributed by atoms with Gasteiger partial charge in [0, 0.05) is 25.3 Å². The summed E-state index contributed by atoms with van der Waals surface area (Å²) >= 11 is 0. The van der Waals surface area contributed by atoms with Crippen LogP contribution in [0.25, 0.3) is 0 Å². The van der Waals surface area contributed by atoms with Crippen molar-refractivity contribution in [2.75, 3.05) is 19.8 Å². The monoisotopic (exact) mass is 250 g/mol. The summed E-state index contributed by atoms with van der Waals surface area (Å²) in [7, 11) is 0. The van der Waals surface area contributed by atoms with E-state index in [4.69, 9.17) is 10.00 Å². The first-order chi connectivity index (χ1) is 8.79. The minimum Gasteiger partial charge on any atom is -0.381 e. The molecule has 0 radical (unpaired) electrons. The van der Waals surface area contributed by atoms with Gasteiger partial charge in [-0.05, 0) is 25.5 Å². The molecule has 1 N–H and O–H groups in total. The van der Waals surface area contributed by atoms with Crippen LogP contribution in [-0.2, 0) is 11.3 Å². The lowest BCUT2D eigenvalue weighted by molar-refractivity contribution is 0.132. The number of halogens is 1. The zero-order chi connectivity index (χ0) is 13.2. The molecule has 0 aliphatic rings. The maximum Gasteiger partial charge on any atom is 0.145 e. The van der Waals surface area contributed by atoms with Crippen LogP contribution in [0.5, 0.6) is 0 Å². The van der Waals surface area contributed by atoms with E-state index in [1.807, 2.05) is 6.07 Å². The Bertz CT molecular complexity index is 401. The fourth-order valence-electron chi connectivity index (χ4n) is 1.57. The second kappa shape index (κ2) is 8.62. The summed E-state index contributed by atoms with van der Waals surface area (Å²) in [6.45, 7) is 4.80. The molecule has 0 heterocycles. The van der Waals surface area contributed by atoms with Crippen LogP contribution in [0, 0.1) is 17.1 Å². The van der Waals surface area contributed by atoms with Crippen molar-refractivity contribution in [3.63, 3.8) is 0 Å². The molecule has 0 aliphatic heterocycles. The van der Waals surface area contributed by atoms with Gasteiger partial charge >= 0.3 is 0 Å². The van der Waals surface area contributed by atoms with Gasteiger partial charge in [-0.2, -0.15) is 5.26 Å². The molecule has 0 aliphatic carbocycles. The van der Waals surface area contributed by atoms with Crippen LogP contribution in [0.4, 0.5) is 4.39 Å². The summed E-state index contributed by atoms with van der Waals surface area (Å²) < 4.78 is 19.0. The molecule has 0 saturated carbocycles. The predicted octanol–water partition coefficient (Wildman–Crippen LogP) is 2.60. The average Bonchev–Trinajstić information content (AvgIpc) is 2.39. The van der Waals surface area contributed by atoms with E-state index >= 15 is 0 Å². The van der Waals surface area contributed by atoms with Gasteiger partial charge in [-0.3, -0.25) is 0 Å². The molecule has 1 aromatic carbocycles. The van der Waals surface area contributed by atoms with E-state index in [1.54, 1.807) is 12.1 Å². The van der Waals surface area contributed by atoms with Crippen LogP contribution < -0.4 is 5.32 Å². The lowest BCUT2D eigenvalue weighted by Gasteiger charge is -2.07. The normalized spacial score (nSPS) is 10.3. The highest BCUT2D eigenvalue weighted by molar-refractivity contribution is 5.34. The first kappa shape index (κ1) is 14.6. The highest BCUT2D eigenvalue weighted by atomic mass is 19.1. The Balaban J connectivity index is 2.26. The van der Waals surface area contributed by atoms with Crippen molar-refractivity contribution in [3.8, 4) is 6.07 Å². The van der Waals surface area contributed by atoms with Crippen LogP contribution in [0.3, 0.4) is 0 Å². The van der Waals surface area contributed by atoms with E-state index in [0.717, 1.165) is 32.6 Å². The van der Waals surface area contributed by atoms with Crippen molar-refractivity contribution in [2.24, 2.45) is 0 Å². The van der Waals surface area contributed by atoms with E-state index in [2.05, 4.69) is 12.2 Å². The Morgan fingerprint density at radius 2 is 2.22 bits per heavy atom. The number of hydrogen-bond donors (Lipinski definition) is 1. The van der Waals surface area contributed by atoms with E-state index in [1.165, 1.54) is 6.07 Å². The first-order valence-corrected chi connectivity index (χ1v) is 6.25. The van der Waals surface area contributed by atoms with Crippen molar-refractivity contribution in [2.45, 2.75) is 26.3 Å². The Morgan fingerprint density at radius 1 is 1.39 bits per heavy atom. The maximum atomic E-state index is 13.7. The van der Waals surface area contributed by atoms with Crippen LogP contribution in [-0.4, -0.2) is 19.8 Å². The minimum absolute atomic E-state index is 0.0978. The molecule has 98 valence electrons. The van der Waals surface area contributed by atoms with E-state index in [-0.39, 0.29) is 5.56 Å². The largest absolute Gasteiger partial charge is 0.381 e. The quantitative estimate of drug-likeness (QED) is 0.721. The number of nitrogens with one attached hydrogen (secondary N) is 1. The van der Waals surface area contributed by atoms with Gasteiger partial charge in [0.25, 0.3) is 0 Å². The molecule has 0 amide bonds. The maximum absolute atomic E-state index is 13.7. The molecule has 1 rings (SSSR count). The topological polar surface area (TPSA) is 45.0 Å². The third-order valence-electron chi connectivity index (χ3n) is 2.51. The average molecular weight is 250 g/mol. The molecule has 0 unspecified atom stereocenters. The summed E-state index contributed by atoms with van der Waals surface area (Å²) in [6.07, 6.45) is 1.93. The fourth-order valence-corrected chi connectivity index (χ4v) is 1.57. The highest BCUT2D eigenvalue weighted by Gasteiger charge is 2.06. The molecule has 0 atom stereocenters. The number of benzene rings is 1. The van der Waals surface area contributed by atoms with Gasteiger partial charge in [-0.15, -0.1) is 0 Å². The second-order valence-corrected chi connectivity index (χ2v) is 4.03.